The molecule has 0 aliphatic carbocycles. The Balaban J connectivity index is -0.000000609. The van der Waals surface area contributed by atoms with Gasteiger partial charge in [-0.25, -0.2) is 0 Å². The van der Waals surface area contributed by atoms with E-state index in [1.165, 1.54) is 24.3 Å². The van der Waals surface area contributed by atoms with E-state index in [2.05, 4.69) is 23.8 Å². The van der Waals surface area contributed by atoms with Gasteiger partial charge in [-0.05, 0) is 45.8 Å². The minimum atomic E-state index is 0. The fraction of sp³-hybridized carbons (Fsp3) is 0.786. The number of nitrogens with one attached hydrogen (secondary N) is 1. The molecule has 1 atom stereocenters. The minimum Gasteiger partial charge on any atom is -0.309 e. The third-order valence-corrected chi connectivity index (χ3v) is 3.18. The van der Waals surface area contributed by atoms with Crippen molar-refractivity contribution in [2.75, 3.05) is 26.7 Å². The average molecular weight is 260 g/mol. The highest BCUT2D eigenvalue weighted by molar-refractivity contribution is 7.80. The number of hydrogen-bond donors (Lipinski definition) is 1. The maximum atomic E-state index is 5.17. The molecule has 1 unspecified atom stereocenters. The molecule has 0 aromatic rings. The molecule has 0 aromatic carbocycles. The summed E-state index contributed by atoms with van der Waals surface area (Å²) in [6.07, 6.45) is 6.64. The van der Waals surface area contributed by atoms with Gasteiger partial charge in [0.25, 0.3) is 0 Å². The van der Waals surface area contributed by atoms with Gasteiger partial charge in [0, 0.05) is 20.3 Å². The van der Waals surface area contributed by atoms with Gasteiger partial charge >= 0.3 is 0 Å². The maximum absolute atomic E-state index is 5.17. The molecule has 0 bridgehead atoms. The van der Waals surface area contributed by atoms with Crippen LogP contribution in [0.2, 0.25) is 0 Å². The van der Waals surface area contributed by atoms with Gasteiger partial charge in [0.05, 0.1) is 0 Å². The van der Waals surface area contributed by atoms with Gasteiger partial charge in [-0.2, -0.15) is 0 Å². The number of thiocarbonyl (C=S) groups is 1. The summed E-state index contributed by atoms with van der Waals surface area (Å²) < 4.78 is 0. The highest BCUT2D eigenvalue weighted by atomic mass is 32.1. The van der Waals surface area contributed by atoms with Crippen LogP contribution >= 0.6 is 12.2 Å². The van der Waals surface area contributed by atoms with Crippen LogP contribution in [0.3, 0.4) is 0 Å². The first-order valence-corrected chi connectivity index (χ1v) is 7.17. The zero-order valence-electron chi connectivity index (χ0n) is 11.7. The second-order valence-electron chi connectivity index (χ2n) is 4.34. The molecular formula is C14H32N2S. The van der Waals surface area contributed by atoms with E-state index in [-0.39, 0.29) is 2.85 Å². The first-order valence-electron chi connectivity index (χ1n) is 6.77. The van der Waals surface area contributed by atoms with Gasteiger partial charge in [0.2, 0.25) is 0 Å². The molecule has 0 aromatic heterocycles. The molecule has 3 heteroatoms. The number of hydrogen-bond acceptors (Lipinski definition) is 3. The number of allylic oxidation sites excluding steroid dienone is 1. The molecule has 1 aliphatic heterocycles. The Bertz CT molecular complexity index is 225. The van der Waals surface area contributed by atoms with Crippen molar-refractivity contribution in [1.29, 1.82) is 0 Å². The van der Waals surface area contributed by atoms with Gasteiger partial charge in [0.1, 0.15) is 0 Å². The Morgan fingerprint density at radius 2 is 2.24 bits per heavy atom. The van der Waals surface area contributed by atoms with Crippen molar-refractivity contribution in [3.05, 3.63) is 12.7 Å². The van der Waals surface area contributed by atoms with Crippen molar-refractivity contribution in [1.82, 2.24) is 10.2 Å². The van der Waals surface area contributed by atoms with Crippen molar-refractivity contribution in [2.24, 2.45) is 0 Å². The van der Waals surface area contributed by atoms with Gasteiger partial charge in [0.15, 0.2) is 0 Å². The van der Waals surface area contributed by atoms with Crippen LogP contribution in [0.15, 0.2) is 12.7 Å². The normalized spacial score (nSPS) is 19.1. The van der Waals surface area contributed by atoms with Gasteiger partial charge in [-0.1, -0.05) is 32.1 Å². The summed E-state index contributed by atoms with van der Waals surface area (Å²) >= 11 is 5.17. The quantitative estimate of drug-likeness (QED) is 0.428. The van der Waals surface area contributed by atoms with Gasteiger partial charge in [-0.15, -0.1) is 6.58 Å². The SMILES string of the molecule is C=CCCCN(C)CCC1CC(=S)CN1.CC.[HH].[HH]. The third kappa shape index (κ3) is 8.47. The van der Waals surface area contributed by atoms with E-state index < -0.39 is 0 Å². The van der Waals surface area contributed by atoms with Crippen LogP contribution in [0.5, 0.6) is 0 Å². The monoisotopic (exact) mass is 260 g/mol. The van der Waals surface area contributed by atoms with Crippen LogP contribution < -0.4 is 5.32 Å². The molecule has 104 valence electrons. The van der Waals surface area contributed by atoms with Crippen LogP contribution in [0.25, 0.3) is 0 Å². The van der Waals surface area contributed by atoms with Crippen molar-refractivity contribution >= 4 is 17.1 Å². The lowest BCUT2D eigenvalue weighted by atomic mass is 10.1. The van der Waals surface area contributed by atoms with Crippen LogP contribution in [0.4, 0.5) is 0 Å². The second kappa shape index (κ2) is 10.9. The van der Waals surface area contributed by atoms with Gasteiger partial charge in [-0.3, -0.25) is 0 Å². The molecule has 1 aliphatic rings. The summed E-state index contributed by atoms with van der Waals surface area (Å²) in [6.45, 7) is 11.0. The fourth-order valence-corrected chi connectivity index (χ4v) is 2.16. The van der Waals surface area contributed by atoms with Crippen LogP contribution in [-0.4, -0.2) is 42.5 Å². The molecule has 0 spiro atoms. The standard InChI is InChI=1S/C12H22N2S.C2H6.2H2/c1-3-4-5-7-14(2)8-6-11-9-12(15)10-13-11;1-2;;/h3,11,13H,1,4-10H2,2H3;1-2H3;2*1H. The van der Waals surface area contributed by atoms with E-state index in [0.29, 0.717) is 6.04 Å². The minimum absolute atomic E-state index is 0. The Kier molecular flexibility index (Phi) is 10.7. The van der Waals surface area contributed by atoms with Crippen molar-refractivity contribution in [2.45, 2.75) is 45.6 Å². The molecular weight excluding hydrogens is 228 g/mol. The molecule has 2 nitrogen and oxygen atoms in total. The Morgan fingerprint density at radius 3 is 2.76 bits per heavy atom. The topological polar surface area (TPSA) is 15.3 Å². The summed E-state index contributed by atoms with van der Waals surface area (Å²) in [7, 11) is 2.19. The van der Waals surface area contributed by atoms with Crippen LogP contribution in [-0.2, 0) is 0 Å². The average Bonchev–Trinajstić information content (AvgIpc) is 2.76. The zero-order valence-corrected chi connectivity index (χ0v) is 12.5. The van der Waals surface area contributed by atoms with Crippen molar-refractivity contribution < 1.29 is 2.85 Å². The van der Waals surface area contributed by atoms with E-state index in [4.69, 9.17) is 12.2 Å². The lowest BCUT2D eigenvalue weighted by molar-refractivity contribution is 0.310. The summed E-state index contributed by atoms with van der Waals surface area (Å²) in [5, 5.41) is 3.44. The van der Waals surface area contributed by atoms with Crippen LogP contribution in [0.1, 0.15) is 42.4 Å². The molecule has 0 radical (unpaired) electrons. The number of rotatable bonds is 7. The first kappa shape index (κ1) is 16.8. The molecule has 1 saturated heterocycles. The zero-order chi connectivity index (χ0) is 13.1. The summed E-state index contributed by atoms with van der Waals surface area (Å²) in [5.41, 5.74) is 0. The molecule has 1 fully saturated rings. The highest BCUT2D eigenvalue weighted by Gasteiger charge is 2.18. The van der Waals surface area contributed by atoms with E-state index in [1.807, 2.05) is 19.9 Å². The molecule has 1 N–H and O–H groups in total. The molecule has 17 heavy (non-hydrogen) atoms. The molecule has 0 amide bonds. The Morgan fingerprint density at radius 1 is 1.53 bits per heavy atom. The number of unbranched alkanes of at least 4 members (excludes halogenated alkanes) is 1. The summed E-state index contributed by atoms with van der Waals surface area (Å²) in [5.74, 6) is 0. The van der Waals surface area contributed by atoms with Crippen LogP contribution in [0, 0.1) is 0 Å². The smallest absolute Gasteiger partial charge is 0.0272 e. The van der Waals surface area contributed by atoms with E-state index in [9.17, 15) is 0 Å². The van der Waals surface area contributed by atoms with E-state index >= 15 is 0 Å². The maximum Gasteiger partial charge on any atom is 0.0272 e. The molecule has 0 saturated carbocycles. The Labute approximate surface area is 115 Å². The largest absolute Gasteiger partial charge is 0.309 e. The lowest BCUT2D eigenvalue weighted by Gasteiger charge is -2.18. The number of nitrogens with zero attached hydrogens (tertiary/aromatic N) is 1. The van der Waals surface area contributed by atoms with Gasteiger partial charge < -0.3 is 10.2 Å². The predicted molar refractivity (Wildman–Crippen MR) is 86.1 cm³/mol. The second-order valence-corrected chi connectivity index (χ2v) is 4.92. The summed E-state index contributed by atoms with van der Waals surface area (Å²) in [6, 6.07) is 0.624. The molecule has 1 rings (SSSR count). The first-order chi connectivity index (χ1) is 8.22. The van der Waals surface area contributed by atoms with Crippen molar-refractivity contribution in [3.63, 3.8) is 0 Å². The third-order valence-electron chi connectivity index (χ3n) is 2.87. The van der Waals surface area contributed by atoms with Crippen molar-refractivity contribution in [3.8, 4) is 0 Å². The lowest BCUT2D eigenvalue weighted by Crippen LogP contribution is -2.29. The van der Waals surface area contributed by atoms with E-state index in [0.717, 1.165) is 25.9 Å². The predicted octanol–water partition coefficient (Wildman–Crippen LogP) is 3.52. The summed E-state index contributed by atoms with van der Waals surface area (Å²) in [4.78, 5) is 3.58. The Hall–Kier alpha value is -0.250. The fourth-order valence-electron chi connectivity index (χ4n) is 1.88. The highest BCUT2D eigenvalue weighted by Crippen LogP contribution is 2.08. The van der Waals surface area contributed by atoms with E-state index in [1.54, 1.807) is 0 Å². The molecule has 1 heterocycles.